The molecule has 0 saturated heterocycles. The molecule has 0 aliphatic carbocycles. The van der Waals surface area contributed by atoms with Crippen LogP contribution >= 0.6 is 11.8 Å². The molecule has 11 nitrogen and oxygen atoms in total. The Bertz CT molecular complexity index is 1040. The summed E-state index contributed by atoms with van der Waals surface area (Å²) in [7, 11) is 0. The number of carbonyl (C=O) groups is 4. The second kappa shape index (κ2) is 15.8. The number of carboxylic acid groups (broad SMARTS) is 1. The summed E-state index contributed by atoms with van der Waals surface area (Å²) in [5.41, 5.74) is 7.44. The number of benzene rings is 1. The molecule has 7 N–H and O–H groups in total. The predicted octanol–water partition coefficient (Wildman–Crippen LogP) is 0.860. The maximum absolute atomic E-state index is 13.4. The number of hydrogen-bond acceptors (Lipinski definition) is 7. The zero-order valence-corrected chi connectivity index (χ0v) is 22.8. The Morgan fingerprint density at radius 3 is 2.21 bits per heavy atom. The van der Waals surface area contributed by atoms with Crippen molar-refractivity contribution in [3.8, 4) is 0 Å². The Labute approximate surface area is 227 Å². The van der Waals surface area contributed by atoms with Gasteiger partial charge in [0.1, 0.15) is 18.1 Å². The highest BCUT2D eigenvalue weighted by Crippen LogP contribution is 2.09. The van der Waals surface area contributed by atoms with Crippen LogP contribution in [0.25, 0.3) is 0 Å². The molecule has 0 aliphatic heterocycles. The van der Waals surface area contributed by atoms with Crippen molar-refractivity contribution in [1.82, 2.24) is 25.9 Å². The van der Waals surface area contributed by atoms with Gasteiger partial charge in [-0.2, -0.15) is 11.8 Å². The summed E-state index contributed by atoms with van der Waals surface area (Å²) in [4.78, 5) is 58.0. The summed E-state index contributed by atoms with van der Waals surface area (Å²) in [6.45, 7) is 3.77. The predicted molar refractivity (Wildman–Crippen MR) is 146 cm³/mol. The first-order valence-electron chi connectivity index (χ1n) is 12.6. The molecule has 1 heterocycles. The van der Waals surface area contributed by atoms with Crippen LogP contribution in [0.5, 0.6) is 0 Å². The second-order valence-electron chi connectivity index (χ2n) is 9.19. The molecule has 0 fully saturated rings. The molecule has 0 saturated carbocycles. The van der Waals surface area contributed by atoms with Crippen LogP contribution in [0.15, 0.2) is 42.9 Å². The third kappa shape index (κ3) is 9.82. The van der Waals surface area contributed by atoms with Gasteiger partial charge in [0.2, 0.25) is 17.7 Å². The van der Waals surface area contributed by atoms with Gasteiger partial charge in [0.05, 0.1) is 12.4 Å². The van der Waals surface area contributed by atoms with Crippen molar-refractivity contribution in [1.29, 1.82) is 0 Å². The van der Waals surface area contributed by atoms with E-state index in [1.807, 2.05) is 26.2 Å². The third-order valence-electron chi connectivity index (χ3n) is 6.31. The molecular formula is C26H38N6O5S. The lowest BCUT2D eigenvalue weighted by Gasteiger charge is -2.26. The van der Waals surface area contributed by atoms with Crippen molar-refractivity contribution >= 4 is 35.5 Å². The molecule has 1 aromatic carbocycles. The summed E-state index contributed by atoms with van der Waals surface area (Å²) in [5.74, 6) is -2.40. The van der Waals surface area contributed by atoms with Crippen molar-refractivity contribution in [2.45, 2.75) is 63.7 Å². The fourth-order valence-corrected chi connectivity index (χ4v) is 4.18. The molecule has 2 aromatic rings. The van der Waals surface area contributed by atoms with Crippen LogP contribution in [-0.4, -0.2) is 74.9 Å². The van der Waals surface area contributed by atoms with E-state index in [0.29, 0.717) is 17.9 Å². The summed E-state index contributed by atoms with van der Waals surface area (Å²) >= 11 is 1.49. The largest absolute Gasteiger partial charge is 0.480 e. The number of carboxylic acids is 1. The summed E-state index contributed by atoms with van der Waals surface area (Å²) in [6, 6.07) is 4.95. The molecule has 208 valence electrons. The molecule has 12 heteroatoms. The first kappa shape index (κ1) is 30.8. The molecule has 1 aromatic heterocycles. The molecule has 5 atom stereocenters. The fourth-order valence-electron chi connectivity index (χ4n) is 3.70. The smallest absolute Gasteiger partial charge is 0.326 e. The number of H-pyrrole nitrogens is 1. The Morgan fingerprint density at radius 2 is 1.63 bits per heavy atom. The average molecular weight is 547 g/mol. The topological polar surface area (TPSA) is 179 Å². The first-order chi connectivity index (χ1) is 18.2. The van der Waals surface area contributed by atoms with E-state index >= 15 is 0 Å². The number of carbonyl (C=O) groups excluding carboxylic acids is 3. The van der Waals surface area contributed by atoms with E-state index in [9.17, 15) is 24.3 Å². The van der Waals surface area contributed by atoms with E-state index in [-0.39, 0.29) is 25.2 Å². The fraction of sp³-hybridized carbons (Fsp3) is 0.500. The standard InChI is InChI=1S/C26H38N6O5S/c1-4-16(2)22(27)25(35)31-20(13-18-14-28-15-29-18)24(34)30-19(10-11-38-3)23(33)32-21(26(36)37)12-17-8-6-5-7-9-17/h5-9,14-16,19-22H,4,10-13,27H2,1-3H3,(H,28,29)(H,30,34)(H,31,35)(H,32,33)(H,36,37). The van der Waals surface area contributed by atoms with E-state index in [0.717, 1.165) is 5.56 Å². The molecule has 0 spiro atoms. The number of imidazole rings is 1. The lowest BCUT2D eigenvalue weighted by Crippen LogP contribution is -2.58. The number of thioether (sulfide) groups is 1. The number of nitrogens with zero attached hydrogens (tertiary/aromatic N) is 1. The van der Waals surface area contributed by atoms with Crippen LogP contribution < -0.4 is 21.7 Å². The zero-order chi connectivity index (χ0) is 28.1. The van der Waals surface area contributed by atoms with E-state index in [4.69, 9.17) is 5.73 Å². The molecule has 5 unspecified atom stereocenters. The van der Waals surface area contributed by atoms with Gasteiger partial charge in [0, 0.05) is 24.7 Å². The Hall–Kier alpha value is -3.38. The maximum atomic E-state index is 13.4. The number of aliphatic carboxylic acids is 1. The first-order valence-corrected chi connectivity index (χ1v) is 13.9. The minimum Gasteiger partial charge on any atom is -0.480 e. The van der Waals surface area contributed by atoms with Crippen LogP contribution in [0.4, 0.5) is 0 Å². The van der Waals surface area contributed by atoms with Crippen LogP contribution in [0, 0.1) is 5.92 Å². The van der Waals surface area contributed by atoms with Gasteiger partial charge in [0.15, 0.2) is 0 Å². The molecule has 3 amide bonds. The summed E-state index contributed by atoms with van der Waals surface area (Å²) < 4.78 is 0. The normalized spacial score (nSPS) is 14.9. The number of nitrogens with two attached hydrogens (primary N) is 1. The van der Waals surface area contributed by atoms with Crippen LogP contribution in [-0.2, 0) is 32.0 Å². The van der Waals surface area contributed by atoms with Gasteiger partial charge in [-0.05, 0) is 29.9 Å². The molecule has 2 rings (SSSR count). The van der Waals surface area contributed by atoms with Crippen molar-refractivity contribution in [2.24, 2.45) is 11.7 Å². The second-order valence-corrected chi connectivity index (χ2v) is 10.2. The van der Waals surface area contributed by atoms with Gasteiger partial charge in [-0.1, -0.05) is 50.6 Å². The number of rotatable bonds is 16. The third-order valence-corrected chi connectivity index (χ3v) is 6.96. The lowest BCUT2D eigenvalue weighted by atomic mass is 9.98. The van der Waals surface area contributed by atoms with Gasteiger partial charge in [-0.15, -0.1) is 0 Å². The molecule has 0 radical (unpaired) electrons. The number of amides is 3. The summed E-state index contributed by atoms with van der Waals surface area (Å²) in [5, 5.41) is 17.7. The van der Waals surface area contributed by atoms with Crippen molar-refractivity contribution in [2.75, 3.05) is 12.0 Å². The quantitative estimate of drug-likeness (QED) is 0.179. The van der Waals surface area contributed by atoms with Gasteiger partial charge >= 0.3 is 5.97 Å². The number of hydrogen-bond donors (Lipinski definition) is 6. The van der Waals surface area contributed by atoms with Crippen molar-refractivity contribution in [3.63, 3.8) is 0 Å². The van der Waals surface area contributed by atoms with E-state index < -0.39 is 47.9 Å². The zero-order valence-electron chi connectivity index (χ0n) is 22.0. The van der Waals surface area contributed by atoms with Crippen LogP contribution in [0.3, 0.4) is 0 Å². The van der Waals surface area contributed by atoms with Crippen LogP contribution in [0.2, 0.25) is 0 Å². The van der Waals surface area contributed by atoms with Gasteiger partial charge in [-0.3, -0.25) is 14.4 Å². The number of aromatic nitrogens is 2. The highest BCUT2D eigenvalue weighted by molar-refractivity contribution is 7.98. The monoisotopic (exact) mass is 546 g/mol. The van der Waals surface area contributed by atoms with Crippen molar-refractivity contribution < 1.29 is 24.3 Å². The highest BCUT2D eigenvalue weighted by Gasteiger charge is 2.31. The maximum Gasteiger partial charge on any atom is 0.326 e. The molecular weight excluding hydrogens is 508 g/mol. The average Bonchev–Trinajstić information content (AvgIpc) is 3.42. The SMILES string of the molecule is CCC(C)C(N)C(=O)NC(Cc1cnc[nH]1)C(=O)NC(CCSC)C(=O)NC(Cc1ccccc1)C(=O)O. The van der Waals surface area contributed by atoms with Crippen LogP contribution in [0.1, 0.15) is 37.9 Å². The van der Waals surface area contributed by atoms with Crippen molar-refractivity contribution in [3.05, 3.63) is 54.1 Å². The van der Waals surface area contributed by atoms with E-state index in [1.54, 1.807) is 30.5 Å². The Morgan fingerprint density at radius 1 is 1.00 bits per heavy atom. The Balaban J connectivity index is 2.18. The van der Waals surface area contributed by atoms with Gasteiger partial charge in [-0.25, -0.2) is 9.78 Å². The molecule has 38 heavy (non-hydrogen) atoms. The molecule has 0 aliphatic rings. The highest BCUT2D eigenvalue weighted by atomic mass is 32.2. The van der Waals surface area contributed by atoms with E-state index in [1.165, 1.54) is 18.1 Å². The van der Waals surface area contributed by atoms with E-state index in [2.05, 4.69) is 25.9 Å². The van der Waals surface area contributed by atoms with Gasteiger partial charge < -0.3 is 31.8 Å². The molecule has 0 bridgehead atoms. The lowest BCUT2D eigenvalue weighted by molar-refractivity contribution is -0.142. The van der Waals surface area contributed by atoms with Gasteiger partial charge in [0.25, 0.3) is 0 Å². The minimum atomic E-state index is -1.18. The Kier molecular flexibility index (Phi) is 12.8. The minimum absolute atomic E-state index is 0.0939. The number of aromatic amines is 1. The summed E-state index contributed by atoms with van der Waals surface area (Å²) in [6.07, 6.45) is 6.03. The number of nitrogens with one attached hydrogen (secondary N) is 4.